The van der Waals surface area contributed by atoms with E-state index in [2.05, 4.69) is 58.5 Å². The van der Waals surface area contributed by atoms with Gasteiger partial charge in [0, 0.05) is 5.56 Å². The molecule has 5 nitrogen and oxygen atoms in total. The first-order chi connectivity index (χ1) is 13.4. The number of benzene rings is 2. The standard InChI is InChI=1S/C24H32N2O3/c1-16-9-8-10-17(13-16)22(28)26-25-21(27)15-29-20-12-11-18(23(2,3)4)14-19(20)24(5,6)7/h8-14H,15H2,1-7H3,(H,25,27)(H,26,28). The fraction of sp³-hybridized carbons (Fsp3) is 0.417. The van der Waals surface area contributed by atoms with Gasteiger partial charge in [0.1, 0.15) is 5.75 Å². The van der Waals surface area contributed by atoms with Crippen LogP contribution in [0.3, 0.4) is 0 Å². The molecule has 2 amide bonds. The Kier molecular flexibility index (Phi) is 6.73. The number of hydrogen-bond acceptors (Lipinski definition) is 3. The minimum absolute atomic E-state index is 0.0238. The fourth-order valence-electron chi connectivity index (χ4n) is 2.87. The molecule has 2 rings (SSSR count). The van der Waals surface area contributed by atoms with Crippen molar-refractivity contribution in [3.05, 3.63) is 64.7 Å². The lowest BCUT2D eigenvalue weighted by Gasteiger charge is -2.27. The molecule has 5 heteroatoms. The maximum atomic E-state index is 12.2. The van der Waals surface area contributed by atoms with Crippen molar-refractivity contribution in [1.82, 2.24) is 10.9 Å². The highest BCUT2D eigenvalue weighted by Gasteiger charge is 2.23. The zero-order valence-corrected chi connectivity index (χ0v) is 18.5. The summed E-state index contributed by atoms with van der Waals surface area (Å²) in [5.74, 6) is -0.122. The average Bonchev–Trinajstić information content (AvgIpc) is 2.62. The van der Waals surface area contributed by atoms with Gasteiger partial charge in [0.15, 0.2) is 6.61 Å². The summed E-state index contributed by atoms with van der Waals surface area (Å²) < 4.78 is 5.79. The van der Waals surface area contributed by atoms with E-state index in [1.807, 2.05) is 25.1 Å². The van der Waals surface area contributed by atoms with Crippen LogP contribution >= 0.6 is 0 Å². The second kappa shape index (κ2) is 8.68. The Morgan fingerprint density at radius 1 is 0.897 bits per heavy atom. The summed E-state index contributed by atoms with van der Waals surface area (Å²) in [7, 11) is 0. The Labute approximate surface area is 173 Å². The van der Waals surface area contributed by atoms with Crippen LogP contribution in [0.5, 0.6) is 5.75 Å². The minimum Gasteiger partial charge on any atom is -0.483 e. The summed E-state index contributed by atoms with van der Waals surface area (Å²) in [5, 5.41) is 0. The van der Waals surface area contributed by atoms with Crippen molar-refractivity contribution in [2.75, 3.05) is 6.61 Å². The van der Waals surface area contributed by atoms with E-state index in [9.17, 15) is 9.59 Å². The van der Waals surface area contributed by atoms with E-state index < -0.39 is 5.91 Å². The monoisotopic (exact) mass is 396 g/mol. The predicted molar refractivity (Wildman–Crippen MR) is 116 cm³/mol. The molecule has 0 aromatic heterocycles. The van der Waals surface area contributed by atoms with Crippen molar-refractivity contribution in [3.8, 4) is 5.75 Å². The van der Waals surface area contributed by atoms with Crippen LogP contribution in [0.2, 0.25) is 0 Å². The van der Waals surface area contributed by atoms with Crippen LogP contribution in [0.4, 0.5) is 0 Å². The Bertz CT molecular complexity index is 890. The van der Waals surface area contributed by atoms with Gasteiger partial charge < -0.3 is 4.74 Å². The second-order valence-corrected chi connectivity index (χ2v) is 9.37. The average molecular weight is 397 g/mol. The summed E-state index contributed by atoms with van der Waals surface area (Å²) in [6.07, 6.45) is 0. The second-order valence-electron chi connectivity index (χ2n) is 9.37. The van der Waals surface area contributed by atoms with E-state index in [-0.39, 0.29) is 23.3 Å². The molecule has 0 spiro atoms. The first-order valence-electron chi connectivity index (χ1n) is 9.81. The molecule has 2 aromatic rings. The highest BCUT2D eigenvalue weighted by molar-refractivity contribution is 5.95. The molecule has 0 fully saturated rings. The van der Waals surface area contributed by atoms with Crippen molar-refractivity contribution >= 4 is 11.8 Å². The molecule has 0 heterocycles. The van der Waals surface area contributed by atoms with Crippen LogP contribution in [-0.2, 0) is 15.6 Å². The van der Waals surface area contributed by atoms with Crippen molar-refractivity contribution in [3.63, 3.8) is 0 Å². The van der Waals surface area contributed by atoms with Crippen molar-refractivity contribution < 1.29 is 14.3 Å². The molecular formula is C24H32N2O3. The molecule has 0 atom stereocenters. The molecule has 0 aliphatic heterocycles. The summed E-state index contributed by atoms with van der Waals surface area (Å²) >= 11 is 0. The molecule has 2 aromatic carbocycles. The first kappa shape index (κ1) is 22.5. The van der Waals surface area contributed by atoms with Crippen molar-refractivity contribution in [2.45, 2.75) is 59.3 Å². The number of carbonyl (C=O) groups is 2. The number of rotatable bonds is 4. The Balaban J connectivity index is 2.01. The van der Waals surface area contributed by atoms with E-state index >= 15 is 0 Å². The largest absolute Gasteiger partial charge is 0.483 e. The molecule has 0 radical (unpaired) electrons. The Hall–Kier alpha value is -2.82. The zero-order valence-electron chi connectivity index (χ0n) is 18.5. The van der Waals surface area contributed by atoms with Gasteiger partial charge >= 0.3 is 0 Å². The lowest BCUT2D eigenvalue weighted by Crippen LogP contribution is -2.43. The molecule has 0 unspecified atom stereocenters. The molecule has 0 bridgehead atoms. The predicted octanol–water partition coefficient (Wildman–Crippen LogP) is 4.43. The third-order valence-electron chi connectivity index (χ3n) is 4.61. The molecule has 0 aliphatic rings. The van der Waals surface area contributed by atoms with E-state index in [1.165, 1.54) is 5.56 Å². The number of ether oxygens (including phenoxy) is 1. The zero-order chi connectivity index (χ0) is 21.8. The maximum absolute atomic E-state index is 12.2. The molecule has 2 N–H and O–H groups in total. The van der Waals surface area contributed by atoms with Crippen LogP contribution in [0.25, 0.3) is 0 Å². The van der Waals surface area contributed by atoms with Gasteiger partial charge in [-0.05, 0) is 47.1 Å². The number of carbonyl (C=O) groups excluding carboxylic acids is 2. The summed E-state index contributed by atoms with van der Waals surface area (Å²) in [6.45, 7) is 14.6. The van der Waals surface area contributed by atoms with Crippen LogP contribution in [-0.4, -0.2) is 18.4 Å². The van der Waals surface area contributed by atoms with E-state index in [0.717, 1.165) is 11.1 Å². The third kappa shape index (κ3) is 6.34. The highest BCUT2D eigenvalue weighted by atomic mass is 16.5. The quantitative estimate of drug-likeness (QED) is 0.751. The number of nitrogens with one attached hydrogen (secondary N) is 2. The van der Waals surface area contributed by atoms with Gasteiger partial charge in [-0.2, -0.15) is 0 Å². The molecule has 29 heavy (non-hydrogen) atoms. The molecule has 0 saturated heterocycles. The van der Waals surface area contributed by atoms with Gasteiger partial charge in [-0.1, -0.05) is 71.4 Å². The number of hydrogen-bond donors (Lipinski definition) is 2. The van der Waals surface area contributed by atoms with Gasteiger partial charge in [-0.25, -0.2) is 0 Å². The van der Waals surface area contributed by atoms with Crippen molar-refractivity contribution in [1.29, 1.82) is 0 Å². The molecule has 0 saturated carbocycles. The fourth-order valence-corrected chi connectivity index (χ4v) is 2.87. The number of hydrazine groups is 1. The molecular weight excluding hydrogens is 364 g/mol. The molecule has 156 valence electrons. The number of aryl methyl sites for hydroxylation is 1. The van der Waals surface area contributed by atoms with Gasteiger partial charge in [0.25, 0.3) is 11.8 Å². The highest BCUT2D eigenvalue weighted by Crippen LogP contribution is 2.35. The lowest BCUT2D eigenvalue weighted by molar-refractivity contribution is -0.123. The van der Waals surface area contributed by atoms with Crippen LogP contribution < -0.4 is 15.6 Å². The van der Waals surface area contributed by atoms with E-state index in [1.54, 1.807) is 18.2 Å². The third-order valence-corrected chi connectivity index (χ3v) is 4.61. The van der Waals surface area contributed by atoms with Gasteiger partial charge in [-0.15, -0.1) is 0 Å². The van der Waals surface area contributed by atoms with Crippen LogP contribution in [0, 0.1) is 6.92 Å². The summed E-state index contributed by atoms with van der Waals surface area (Å²) in [5.41, 5.74) is 8.42. The summed E-state index contributed by atoms with van der Waals surface area (Å²) in [4.78, 5) is 24.3. The first-order valence-corrected chi connectivity index (χ1v) is 9.81. The Morgan fingerprint density at radius 2 is 1.59 bits per heavy atom. The Morgan fingerprint density at radius 3 is 2.17 bits per heavy atom. The topological polar surface area (TPSA) is 67.4 Å². The summed E-state index contributed by atoms with van der Waals surface area (Å²) in [6, 6.07) is 13.2. The van der Waals surface area contributed by atoms with Crippen LogP contribution in [0.15, 0.2) is 42.5 Å². The number of amides is 2. The van der Waals surface area contributed by atoms with Gasteiger partial charge in [0.2, 0.25) is 0 Å². The normalized spacial score (nSPS) is 11.7. The van der Waals surface area contributed by atoms with E-state index in [4.69, 9.17) is 4.74 Å². The van der Waals surface area contributed by atoms with Gasteiger partial charge in [-0.3, -0.25) is 20.4 Å². The van der Waals surface area contributed by atoms with E-state index in [0.29, 0.717) is 11.3 Å². The minimum atomic E-state index is -0.425. The molecule has 0 aliphatic carbocycles. The maximum Gasteiger partial charge on any atom is 0.276 e. The van der Waals surface area contributed by atoms with Gasteiger partial charge in [0.05, 0.1) is 0 Å². The SMILES string of the molecule is Cc1cccc(C(=O)NNC(=O)COc2ccc(C(C)(C)C)cc2C(C)(C)C)c1. The van der Waals surface area contributed by atoms with Crippen molar-refractivity contribution in [2.24, 2.45) is 0 Å². The smallest absolute Gasteiger partial charge is 0.276 e. The van der Waals surface area contributed by atoms with Crippen LogP contribution in [0.1, 0.15) is 68.6 Å². The lowest BCUT2D eigenvalue weighted by atomic mass is 9.80.